The number of aromatic nitrogens is 2. The Hall–Kier alpha value is -1.57. The van der Waals surface area contributed by atoms with E-state index in [1.165, 1.54) is 0 Å². The normalized spacial score (nSPS) is 17.5. The van der Waals surface area contributed by atoms with E-state index in [1.54, 1.807) is 29.3 Å². The van der Waals surface area contributed by atoms with Gasteiger partial charge in [-0.15, -0.1) is 4.37 Å². The SMILES string of the molecule is O=C(Nc1ccc(Cl)c(Cl)c1)N1CCC(Oc2cnsn2)C1. The Balaban J connectivity index is 1.55. The van der Waals surface area contributed by atoms with Crippen LogP contribution >= 0.6 is 34.9 Å². The third-order valence-corrected chi connectivity index (χ3v) is 4.43. The Bertz CT molecular complexity index is 668. The summed E-state index contributed by atoms with van der Waals surface area (Å²) >= 11 is 12.9. The van der Waals surface area contributed by atoms with E-state index in [0.29, 0.717) is 34.7 Å². The Morgan fingerprint density at radius 1 is 1.41 bits per heavy atom. The number of carbonyl (C=O) groups excluding carboxylic acids is 1. The highest BCUT2D eigenvalue weighted by Gasteiger charge is 2.28. The first kappa shape index (κ1) is 15.3. The molecule has 1 fully saturated rings. The van der Waals surface area contributed by atoms with E-state index in [0.717, 1.165) is 18.1 Å². The number of likely N-dealkylation sites (tertiary alicyclic amines) is 1. The van der Waals surface area contributed by atoms with E-state index in [-0.39, 0.29) is 12.1 Å². The zero-order valence-corrected chi connectivity index (χ0v) is 13.7. The fourth-order valence-electron chi connectivity index (χ4n) is 2.16. The molecule has 6 nitrogen and oxygen atoms in total. The summed E-state index contributed by atoms with van der Waals surface area (Å²) in [5.74, 6) is 0.502. The van der Waals surface area contributed by atoms with Crippen LogP contribution in [0, 0.1) is 0 Å². The summed E-state index contributed by atoms with van der Waals surface area (Å²) in [4.78, 5) is 13.9. The number of rotatable bonds is 3. The van der Waals surface area contributed by atoms with Crippen molar-refractivity contribution < 1.29 is 9.53 Å². The van der Waals surface area contributed by atoms with Gasteiger partial charge in [-0.3, -0.25) is 0 Å². The van der Waals surface area contributed by atoms with E-state index in [4.69, 9.17) is 27.9 Å². The van der Waals surface area contributed by atoms with Gasteiger partial charge in [-0.25, -0.2) is 4.79 Å². The van der Waals surface area contributed by atoms with Gasteiger partial charge in [0.05, 0.1) is 28.3 Å². The first-order valence-electron chi connectivity index (χ1n) is 6.57. The van der Waals surface area contributed by atoms with Gasteiger partial charge in [0.2, 0.25) is 5.88 Å². The molecule has 0 saturated carbocycles. The van der Waals surface area contributed by atoms with Crippen molar-refractivity contribution >= 4 is 46.6 Å². The second-order valence-electron chi connectivity index (χ2n) is 4.78. The van der Waals surface area contributed by atoms with Crippen molar-refractivity contribution in [1.29, 1.82) is 0 Å². The molecule has 1 unspecified atom stereocenters. The second-order valence-corrected chi connectivity index (χ2v) is 6.15. The van der Waals surface area contributed by atoms with Crippen LogP contribution in [0.25, 0.3) is 0 Å². The van der Waals surface area contributed by atoms with Crippen molar-refractivity contribution in [2.45, 2.75) is 12.5 Å². The van der Waals surface area contributed by atoms with Crippen LogP contribution < -0.4 is 10.1 Å². The predicted molar refractivity (Wildman–Crippen MR) is 86.0 cm³/mol. The second kappa shape index (κ2) is 6.68. The minimum atomic E-state index is -0.194. The Kier molecular flexibility index (Phi) is 4.66. The highest BCUT2D eigenvalue weighted by molar-refractivity contribution is 6.99. The highest BCUT2D eigenvalue weighted by Crippen LogP contribution is 2.25. The van der Waals surface area contributed by atoms with Gasteiger partial charge in [-0.2, -0.15) is 4.37 Å². The summed E-state index contributed by atoms with van der Waals surface area (Å²) in [7, 11) is 0. The van der Waals surface area contributed by atoms with Crippen LogP contribution in [0.5, 0.6) is 5.88 Å². The number of amides is 2. The molecule has 2 heterocycles. The molecular weight excluding hydrogens is 347 g/mol. The maximum atomic E-state index is 12.2. The quantitative estimate of drug-likeness (QED) is 0.911. The van der Waals surface area contributed by atoms with Crippen LogP contribution in [0.1, 0.15) is 6.42 Å². The van der Waals surface area contributed by atoms with Gasteiger partial charge in [-0.1, -0.05) is 23.2 Å². The molecular formula is C13H12Cl2N4O2S. The largest absolute Gasteiger partial charge is 0.471 e. The lowest BCUT2D eigenvalue weighted by molar-refractivity contribution is 0.191. The zero-order chi connectivity index (χ0) is 15.5. The summed E-state index contributed by atoms with van der Waals surface area (Å²) in [6, 6.07) is 4.77. The topological polar surface area (TPSA) is 67.4 Å². The maximum Gasteiger partial charge on any atom is 0.321 e. The van der Waals surface area contributed by atoms with E-state index < -0.39 is 0 Å². The van der Waals surface area contributed by atoms with E-state index in [1.807, 2.05) is 0 Å². The van der Waals surface area contributed by atoms with Gasteiger partial charge in [0.25, 0.3) is 0 Å². The lowest BCUT2D eigenvalue weighted by atomic mass is 10.3. The molecule has 1 aromatic heterocycles. The summed E-state index contributed by atoms with van der Waals surface area (Å²) < 4.78 is 13.5. The molecule has 0 radical (unpaired) electrons. The summed E-state index contributed by atoms with van der Waals surface area (Å²) in [6.45, 7) is 1.13. The Morgan fingerprint density at radius 2 is 2.27 bits per heavy atom. The Labute approximate surface area is 141 Å². The van der Waals surface area contributed by atoms with Crippen LogP contribution in [0.15, 0.2) is 24.4 Å². The molecule has 0 bridgehead atoms. The van der Waals surface area contributed by atoms with Crippen LogP contribution in [-0.2, 0) is 0 Å². The zero-order valence-electron chi connectivity index (χ0n) is 11.3. The summed E-state index contributed by atoms with van der Waals surface area (Å²) in [5.41, 5.74) is 0.604. The van der Waals surface area contributed by atoms with Crippen molar-refractivity contribution in [2.24, 2.45) is 0 Å². The molecule has 1 aliphatic rings. The van der Waals surface area contributed by atoms with E-state index in [9.17, 15) is 4.79 Å². The van der Waals surface area contributed by atoms with E-state index in [2.05, 4.69) is 14.1 Å². The molecule has 2 aromatic rings. The minimum Gasteiger partial charge on any atom is -0.471 e. The molecule has 2 amide bonds. The molecule has 3 rings (SSSR count). The first-order chi connectivity index (χ1) is 10.6. The molecule has 1 aromatic carbocycles. The summed E-state index contributed by atoms with van der Waals surface area (Å²) in [6.07, 6.45) is 2.26. The standard InChI is InChI=1S/C13H12Cl2N4O2S/c14-10-2-1-8(5-11(10)15)17-13(20)19-4-3-9(7-19)21-12-6-16-22-18-12/h1-2,5-6,9H,3-4,7H2,(H,17,20). The lowest BCUT2D eigenvalue weighted by Crippen LogP contribution is -2.34. The fourth-order valence-corrected chi connectivity index (χ4v) is 2.82. The van der Waals surface area contributed by atoms with Crippen LogP contribution in [-0.4, -0.2) is 38.9 Å². The van der Waals surface area contributed by atoms with Crippen LogP contribution in [0.3, 0.4) is 0 Å². The molecule has 1 N–H and O–H groups in total. The number of nitrogens with one attached hydrogen (secondary N) is 1. The van der Waals surface area contributed by atoms with Crippen molar-refractivity contribution in [2.75, 3.05) is 18.4 Å². The number of hydrogen-bond acceptors (Lipinski definition) is 5. The molecule has 1 atom stereocenters. The smallest absolute Gasteiger partial charge is 0.321 e. The molecule has 116 valence electrons. The van der Waals surface area contributed by atoms with Gasteiger partial charge >= 0.3 is 6.03 Å². The maximum absolute atomic E-state index is 12.2. The number of carbonyl (C=O) groups is 1. The fraction of sp³-hybridized carbons (Fsp3) is 0.308. The van der Waals surface area contributed by atoms with Crippen molar-refractivity contribution in [3.05, 3.63) is 34.4 Å². The predicted octanol–water partition coefficient (Wildman–Crippen LogP) is 3.53. The molecule has 9 heteroatoms. The molecule has 22 heavy (non-hydrogen) atoms. The number of hydrogen-bond donors (Lipinski definition) is 1. The average molecular weight is 359 g/mol. The highest BCUT2D eigenvalue weighted by atomic mass is 35.5. The van der Waals surface area contributed by atoms with Gasteiger partial charge in [0, 0.05) is 18.7 Å². The lowest BCUT2D eigenvalue weighted by Gasteiger charge is -2.17. The van der Waals surface area contributed by atoms with Gasteiger partial charge in [-0.05, 0) is 18.2 Å². The van der Waals surface area contributed by atoms with Crippen LogP contribution in [0.2, 0.25) is 10.0 Å². The molecule has 0 aliphatic carbocycles. The monoisotopic (exact) mass is 358 g/mol. The van der Waals surface area contributed by atoms with E-state index >= 15 is 0 Å². The molecule has 1 aliphatic heterocycles. The van der Waals surface area contributed by atoms with Crippen molar-refractivity contribution in [3.63, 3.8) is 0 Å². The average Bonchev–Trinajstić information content (AvgIpc) is 3.15. The number of benzene rings is 1. The number of halogens is 2. The minimum absolute atomic E-state index is 0.0662. The van der Waals surface area contributed by atoms with Crippen molar-refractivity contribution in [3.8, 4) is 5.88 Å². The van der Waals surface area contributed by atoms with Crippen LogP contribution in [0.4, 0.5) is 10.5 Å². The third kappa shape index (κ3) is 3.60. The number of nitrogens with zero attached hydrogens (tertiary/aromatic N) is 3. The molecule has 1 saturated heterocycles. The molecule has 0 spiro atoms. The third-order valence-electron chi connectivity index (χ3n) is 3.23. The number of ether oxygens (including phenoxy) is 1. The first-order valence-corrected chi connectivity index (χ1v) is 8.05. The van der Waals surface area contributed by atoms with Crippen molar-refractivity contribution in [1.82, 2.24) is 13.6 Å². The summed E-state index contributed by atoms with van der Waals surface area (Å²) in [5, 5.41) is 3.64. The van der Waals surface area contributed by atoms with Gasteiger partial charge in [0.1, 0.15) is 12.3 Å². The van der Waals surface area contributed by atoms with Gasteiger partial charge in [0.15, 0.2) is 0 Å². The number of urea groups is 1. The van der Waals surface area contributed by atoms with Gasteiger partial charge < -0.3 is 15.0 Å². The number of anilines is 1. The Morgan fingerprint density at radius 3 is 3.00 bits per heavy atom.